The number of rotatable bonds is 5. The molecule has 0 amide bonds. The van der Waals surface area contributed by atoms with E-state index in [4.69, 9.17) is 5.73 Å². The zero-order valence-electron chi connectivity index (χ0n) is 13.0. The van der Waals surface area contributed by atoms with E-state index in [0.29, 0.717) is 0 Å². The third-order valence-corrected chi connectivity index (χ3v) is 4.01. The van der Waals surface area contributed by atoms with E-state index >= 15 is 0 Å². The van der Waals surface area contributed by atoms with Crippen LogP contribution in [0.4, 0.5) is 0 Å². The van der Waals surface area contributed by atoms with Crippen LogP contribution in [0.5, 0.6) is 0 Å². The number of nitrogens with two attached hydrogens (primary N) is 1. The largest absolute Gasteiger partial charge is 0.324 e. The summed E-state index contributed by atoms with van der Waals surface area (Å²) in [6.45, 7) is 9.27. The van der Waals surface area contributed by atoms with E-state index in [2.05, 4.69) is 61.7 Å². The molecule has 0 fully saturated rings. The van der Waals surface area contributed by atoms with Gasteiger partial charge in [-0.2, -0.15) is 5.10 Å². The second-order valence-electron chi connectivity index (χ2n) is 5.43. The fourth-order valence-electron chi connectivity index (χ4n) is 2.66. The Balaban J connectivity index is 2.25. The first-order valence-corrected chi connectivity index (χ1v) is 7.44. The van der Waals surface area contributed by atoms with Crippen LogP contribution >= 0.6 is 0 Å². The molecule has 1 aromatic heterocycles. The fourth-order valence-corrected chi connectivity index (χ4v) is 2.66. The van der Waals surface area contributed by atoms with Gasteiger partial charge in [0.1, 0.15) is 0 Å². The van der Waals surface area contributed by atoms with Crippen LogP contribution in [0, 0.1) is 13.8 Å². The highest BCUT2D eigenvalue weighted by molar-refractivity contribution is 5.29. The highest BCUT2D eigenvalue weighted by Crippen LogP contribution is 2.22. The third-order valence-electron chi connectivity index (χ3n) is 4.01. The minimum absolute atomic E-state index is 0.0891. The maximum absolute atomic E-state index is 6.19. The summed E-state index contributed by atoms with van der Waals surface area (Å²) >= 11 is 0. The number of hydrogen-bond donors (Lipinski definition) is 1. The number of hydrogen-bond acceptors (Lipinski definition) is 2. The summed E-state index contributed by atoms with van der Waals surface area (Å²) in [6, 6.07) is 8.86. The first-order chi connectivity index (χ1) is 9.56. The molecule has 0 bridgehead atoms. The van der Waals surface area contributed by atoms with Crippen molar-refractivity contribution in [1.82, 2.24) is 9.78 Å². The van der Waals surface area contributed by atoms with Gasteiger partial charge in [0.05, 0.1) is 12.2 Å². The van der Waals surface area contributed by atoms with E-state index in [1.54, 1.807) is 0 Å². The average molecular weight is 271 g/mol. The van der Waals surface area contributed by atoms with Crippen LogP contribution in [0.2, 0.25) is 0 Å². The summed E-state index contributed by atoms with van der Waals surface area (Å²) in [4.78, 5) is 0. The molecule has 1 aromatic carbocycles. The van der Waals surface area contributed by atoms with Gasteiger partial charge in [-0.05, 0) is 37.8 Å². The van der Waals surface area contributed by atoms with Crippen LogP contribution in [0.3, 0.4) is 0 Å². The minimum Gasteiger partial charge on any atom is -0.324 e. The summed E-state index contributed by atoms with van der Waals surface area (Å²) in [5.41, 5.74) is 12.3. The smallest absolute Gasteiger partial charge is 0.0662 e. The molecule has 2 N–H and O–H groups in total. The molecular weight excluding hydrogens is 246 g/mol. The second kappa shape index (κ2) is 6.23. The predicted octanol–water partition coefficient (Wildman–Crippen LogP) is 3.52. The van der Waals surface area contributed by atoms with Gasteiger partial charge in [-0.15, -0.1) is 0 Å². The van der Waals surface area contributed by atoms with Gasteiger partial charge in [0.25, 0.3) is 0 Å². The molecule has 0 aliphatic heterocycles. The van der Waals surface area contributed by atoms with Crippen molar-refractivity contribution in [3.8, 4) is 0 Å². The molecule has 0 saturated heterocycles. The molecule has 1 unspecified atom stereocenters. The topological polar surface area (TPSA) is 43.8 Å². The van der Waals surface area contributed by atoms with Gasteiger partial charge in [0.2, 0.25) is 0 Å². The Morgan fingerprint density at radius 3 is 2.25 bits per heavy atom. The molecule has 0 aliphatic carbocycles. The van der Waals surface area contributed by atoms with Crippen LogP contribution in [0.15, 0.2) is 24.3 Å². The fraction of sp³-hybridized carbons (Fsp3) is 0.471. The van der Waals surface area contributed by atoms with Crippen LogP contribution in [0.25, 0.3) is 0 Å². The van der Waals surface area contributed by atoms with Crippen molar-refractivity contribution < 1.29 is 0 Å². The Hall–Kier alpha value is -1.61. The van der Waals surface area contributed by atoms with Gasteiger partial charge in [0.15, 0.2) is 0 Å². The van der Waals surface area contributed by atoms with Gasteiger partial charge >= 0.3 is 0 Å². The zero-order valence-corrected chi connectivity index (χ0v) is 13.0. The van der Waals surface area contributed by atoms with Gasteiger partial charge in [0, 0.05) is 17.3 Å². The molecule has 1 heterocycles. The Morgan fingerprint density at radius 2 is 1.70 bits per heavy atom. The minimum atomic E-state index is 0.0891. The van der Waals surface area contributed by atoms with Crippen molar-refractivity contribution in [3.63, 3.8) is 0 Å². The van der Waals surface area contributed by atoms with E-state index < -0.39 is 0 Å². The highest BCUT2D eigenvalue weighted by atomic mass is 15.3. The van der Waals surface area contributed by atoms with Crippen molar-refractivity contribution in [2.45, 2.75) is 53.1 Å². The van der Waals surface area contributed by atoms with E-state index in [1.807, 2.05) is 0 Å². The lowest BCUT2D eigenvalue weighted by Crippen LogP contribution is -2.11. The van der Waals surface area contributed by atoms with Crippen molar-refractivity contribution in [2.75, 3.05) is 0 Å². The highest BCUT2D eigenvalue weighted by Gasteiger charge is 2.16. The number of nitrogens with zero attached hydrogens (tertiary/aromatic N) is 2. The maximum atomic E-state index is 6.19. The molecule has 20 heavy (non-hydrogen) atoms. The van der Waals surface area contributed by atoms with E-state index in [9.17, 15) is 0 Å². The van der Waals surface area contributed by atoms with E-state index in [1.165, 1.54) is 22.4 Å². The summed E-state index contributed by atoms with van der Waals surface area (Å²) < 4.78 is 2.07. The van der Waals surface area contributed by atoms with E-state index in [-0.39, 0.29) is 6.04 Å². The van der Waals surface area contributed by atoms with Crippen molar-refractivity contribution >= 4 is 0 Å². The standard InChI is InChI=1S/C17H25N3/c1-5-14-7-9-15(10-8-14)11-20-13(4)17(12(3)19-20)16(18)6-2/h7-10,16H,5-6,11,18H2,1-4H3. The molecule has 0 saturated carbocycles. The quantitative estimate of drug-likeness (QED) is 0.904. The number of aryl methyl sites for hydroxylation is 2. The number of aromatic nitrogens is 2. The lowest BCUT2D eigenvalue weighted by molar-refractivity contribution is 0.650. The van der Waals surface area contributed by atoms with Gasteiger partial charge in [-0.25, -0.2) is 0 Å². The molecule has 0 radical (unpaired) electrons. The summed E-state index contributed by atoms with van der Waals surface area (Å²) in [5.74, 6) is 0. The SMILES string of the molecule is CCc1ccc(Cn2nc(C)c(C(N)CC)c2C)cc1. The van der Waals surface area contributed by atoms with Crippen molar-refractivity contribution in [2.24, 2.45) is 5.73 Å². The van der Waals surface area contributed by atoms with Crippen LogP contribution in [-0.4, -0.2) is 9.78 Å². The van der Waals surface area contributed by atoms with Crippen LogP contribution in [0.1, 0.15) is 54.4 Å². The van der Waals surface area contributed by atoms with Gasteiger partial charge in [-0.1, -0.05) is 38.1 Å². The molecule has 2 aromatic rings. The lowest BCUT2D eigenvalue weighted by Gasteiger charge is -2.10. The Labute approximate surface area is 121 Å². The van der Waals surface area contributed by atoms with Crippen LogP contribution in [-0.2, 0) is 13.0 Å². The molecule has 3 nitrogen and oxygen atoms in total. The molecule has 3 heteroatoms. The molecular formula is C17H25N3. The molecule has 2 rings (SSSR count). The normalized spacial score (nSPS) is 12.7. The summed E-state index contributed by atoms with van der Waals surface area (Å²) in [5, 5.41) is 4.65. The van der Waals surface area contributed by atoms with Gasteiger partial charge in [-0.3, -0.25) is 4.68 Å². The summed E-state index contributed by atoms with van der Waals surface area (Å²) in [7, 11) is 0. The molecule has 0 spiro atoms. The Bertz CT molecular complexity index is 567. The maximum Gasteiger partial charge on any atom is 0.0662 e. The van der Waals surface area contributed by atoms with Crippen LogP contribution < -0.4 is 5.73 Å². The van der Waals surface area contributed by atoms with Gasteiger partial charge < -0.3 is 5.73 Å². The molecule has 108 valence electrons. The van der Waals surface area contributed by atoms with E-state index in [0.717, 1.165) is 25.1 Å². The zero-order chi connectivity index (χ0) is 14.7. The van der Waals surface area contributed by atoms with Crippen molar-refractivity contribution in [3.05, 3.63) is 52.3 Å². The first kappa shape index (κ1) is 14.8. The third kappa shape index (κ3) is 2.93. The predicted molar refractivity (Wildman–Crippen MR) is 83.8 cm³/mol. The molecule has 0 aliphatic rings. The number of benzene rings is 1. The average Bonchev–Trinajstić information content (AvgIpc) is 2.73. The molecule has 1 atom stereocenters. The Morgan fingerprint density at radius 1 is 1.10 bits per heavy atom. The summed E-state index contributed by atoms with van der Waals surface area (Å²) in [6.07, 6.45) is 2.02. The first-order valence-electron chi connectivity index (χ1n) is 7.44. The Kier molecular flexibility index (Phi) is 4.61. The monoisotopic (exact) mass is 271 g/mol. The lowest BCUT2D eigenvalue weighted by atomic mass is 10.0. The van der Waals surface area contributed by atoms with Crippen molar-refractivity contribution in [1.29, 1.82) is 0 Å². The second-order valence-corrected chi connectivity index (χ2v) is 5.43.